The van der Waals surface area contributed by atoms with E-state index in [1.54, 1.807) is 12.1 Å². The number of rotatable bonds is 4. The number of aromatic nitrogens is 1. The SMILES string of the molecule is Cc1c(-c2ccc(F)cc2)[nH]c2ccc(CNC(=O)C3CC(C)NN3)cc12. The molecule has 2 unspecified atom stereocenters. The maximum Gasteiger partial charge on any atom is 0.238 e. The summed E-state index contributed by atoms with van der Waals surface area (Å²) in [5.41, 5.74) is 11.2. The number of hydrazine groups is 1. The maximum atomic E-state index is 13.2. The summed E-state index contributed by atoms with van der Waals surface area (Å²) in [6.45, 7) is 4.58. The summed E-state index contributed by atoms with van der Waals surface area (Å²) in [4.78, 5) is 15.7. The van der Waals surface area contributed by atoms with E-state index in [9.17, 15) is 9.18 Å². The van der Waals surface area contributed by atoms with E-state index in [1.165, 1.54) is 12.1 Å². The van der Waals surface area contributed by atoms with Crippen molar-refractivity contribution in [3.63, 3.8) is 0 Å². The highest BCUT2D eigenvalue weighted by molar-refractivity contribution is 5.91. The molecule has 0 bridgehead atoms. The van der Waals surface area contributed by atoms with Crippen LogP contribution in [-0.4, -0.2) is 23.0 Å². The van der Waals surface area contributed by atoms with Gasteiger partial charge in [0.2, 0.25) is 5.91 Å². The summed E-state index contributed by atoms with van der Waals surface area (Å²) in [5.74, 6) is -0.239. The van der Waals surface area contributed by atoms with Crippen molar-refractivity contribution in [3.05, 3.63) is 59.4 Å². The fraction of sp³-hybridized carbons (Fsp3) is 0.286. The predicted molar refractivity (Wildman–Crippen MR) is 104 cm³/mol. The first kappa shape index (κ1) is 17.7. The Labute approximate surface area is 157 Å². The van der Waals surface area contributed by atoms with Crippen molar-refractivity contribution in [2.24, 2.45) is 0 Å². The van der Waals surface area contributed by atoms with Crippen LogP contribution in [0.5, 0.6) is 0 Å². The molecule has 1 amide bonds. The van der Waals surface area contributed by atoms with Crippen LogP contribution >= 0.6 is 0 Å². The zero-order valence-corrected chi connectivity index (χ0v) is 15.4. The number of hydrogen-bond acceptors (Lipinski definition) is 3. The van der Waals surface area contributed by atoms with Gasteiger partial charge in [0.05, 0.1) is 0 Å². The van der Waals surface area contributed by atoms with E-state index in [2.05, 4.69) is 34.1 Å². The minimum Gasteiger partial charge on any atom is -0.354 e. The highest BCUT2D eigenvalue weighted by Crippen LogP contribution is 2.30. The Morgan fingerprint density at radius 2 is 1.96 bits per heavy atom. The average molecular weight is 366 g/mol. The number of carbonyl (C=O) groups excluding carboxylic acids is 1. The van der Waals surface area contributed by atoms with Crippen LogP contribution in [0.2, 0.25) is 0 Å². The van der Waals surface area contributed by atoms with Gasteiger partial charge < -0.3 is 10.3 Å². The van der Waals surface area contributed by atoms with Gasteiger partial charge in [0.15, 0.2) is 0 Å². The van der Waals surface area contributed by atoms with Crippen LogP contribution < -0.4 is 16.2 Å². The second kappa shape index (κ2) is 7.13. The molecule has 0 aliphatic carbocycles. The molecule has 5 nitrogen and oxygen atoms in total. The number of H-pyrrole nitrogens is 1. The molecule has 1 fully saturated rings. The van der Waals surface area contributed by atoms with Crippen molar-refractivity contribution in [2.75, 3.05) is 0 Å². The van der Waals surface area contributed by atoms with Gasteiger partial charge in [-0.15, -0.1) is 0 Å². The Balaban J connectivity index is 1.53. The lowest BCUT2D eigenvalue weighted by molar-refractivity contribution is -0.123. The van der Waals surface area contributed by atoms with Gasteiger partial charge in [0.1, 0.15) is 11.9 Å². The predicted octanol–water partition coefficient (Wildman–Crippen LogP) is 3.15. The molecule has 1 saturated heterocycles. The molecule has 2 atom stereocenters. The molecule has 0 saturated carbocycles. The quantitative estimate of drug-likeness (QED) is 0.573. The van der Waals surface area contributed by atoms with Gasteiger partial charge in [-0.05, 0) is 73.4 Å². The van der Waals surface area contributed by atoms with Crippen LogP contribution in [0.3, 0.4) is 0 Å². The fourth-order valence-electron chi connectivity index (χ4n) is 3.59. The van der Waals surface area contributed by atoms with Gasteiger partial charge >= 0.3 is 0 Å². The third-order valence-electron chi connectivity index (χ3n) is 5.13. The van der Waals surface area contributed by atoms with E-state index >= 15 is 0 Å². The first-order valence-electron chi connectivity index (χ1n) is 9.17. The summed E-state index contributed by atoms with van der Waals surface area (Å²) in [7, 11) is 0. The first-order chi connectivity index (χ1) is 13.0. The number of benzene rings is 2. The molecule has 27 heavy (non-hydrogen) atoms. The number of aromatic amines is 1. The minimum absolute atomic E-state index is 0.00439. The number of aryl methyl sites for hydroxylation is 1. The van der Waals surface area contributed by atoms with Gasteiger partial charge in [0, 0.05) is 29.2 Å². The van der Waals surface area contributed by atoms with Gasteiger partial charge in [-0.3, -0.25) is 10.2 Å². The second-order valence-electron chi connectivity index (χ2n) is 7.21. The van der Waals surface area contributed by atoms with Crippen LogP contribution in [0.15, 0.2) is 42.5 Å². The standard InChI is InChI=1S/C21H23FN4O/c1-12-9-19(26-25-12)21(27)23-11-14-3-8-18-17(10-14)13(2)20(24-18)15-4-6-16(22)7-5-15/h3-8,10,12,19,24-26H,9,11H2,1-2H3,(H,23,27). The Hall–Kier alpha value is -2.70. The normalized spacial score (nSPS) is 19.5. The molecule has 2 aromatic carbocycles. The number of halogens is 1. The average Bonchev–Trinajstić information content (AvgIpc) is 3.24. The lowest BCUT2D eigenvalue weighted by atomic mass is 10.0. The van der Waals surface area contributed by atoms with Crippen LogP contribution in [0.1, 0.15) is 24.5 Å². The summed E-state index contributed by atoms with van der Waals surface area (Å²) >= 11 is 0. The fourth-order valence-corrected chi connectivity index (χ4v) is 3.59. The van der Waals surface area contributed by atoms with Crippen molar-refractivity contribution < 1.29 is 9.18 Å². The van der Waals surface area contributed by atoms with Crippen molar-refractivity contribution in [2.45, 2.75) is 38.9 Å². The van der Waals surface area contributed by atoms with E-state index in [-0.39, 0.29) is 17.8 Å². The third-order valence-corrected chi connectivity index (χ3v) is 5.13. The van der Waals surface area contributed by atoms with Crippen molar-refractivity contribution in [1.29, 1.82) is 0 Å². The third kappa shape index (κ3) is 3.59. The molecule has 4 rings (SSSR count). The van der Waals surface area contributed by atoms with Crippen molar-refractivity contribution in [1.82, 2.24) is 21.2 Å². The van der Waals surface area contributed by atoms with Crippen LogP contribution in [-0.2, 0) is 11.3 Å². The number of carbonyl (C=O) groups is 1. The minimum atomic E-state index is -0.244. The Morgan fingerprint density at radius 1 is 1.19 bits per heavy atom. The second-order valence-corrected chi connectivity index (χ2v) is 7.21. The topological polar surface area (TPSA) is 69.0 Å². The molecule has 2 heterocycles. The van der Waals surface area contributed by atoms with E-state index in [4.69, 9.17) is 0 Å². The van der Waals surface area contributed by atoms with Crippen LogP contribution in [0.25, 0.3) is 22.2 Å². The van der Waals surface area contributed by atoms with Gasteiger partial charge in [-0.25, -0.2) is 9.82 Å². The molecule has 0 radical (unpaired) electrons. The van der Waals surface area contributed by atoms with Gasteiger partial charge in [-0.2, -0.15) is 0 Å². The lowest BCUT2D eigenvalue weighted by Crippen LogP contribution is -2.43. The molecule has 1 aliphatic rings. The Bertz CT molecular complexity index is 980. The zero-order chi connectivity index (χ0) is 19.0. The maximum absolute atomic E-state index is 13.2. The molecule has 6 heteroatoms. The lowest BCUT2D eigenvalue weighted by Gasteiger charge is -2.10. The molecule has 140 valence electrons. The van der Waals surface area contributed by atoms with Crippen molar-refractivity contribution in [3.8, 4) is 11.3 Å². The number of fused-ring (bicyclic) bond motifs is 1. The van der Waals surface area contributed by atoms with E-state index in [0.29, 0.717) is 12.6 Å². The highest BCUT2D eigenvalue weighted by Gasteiger charge is 2.26. The number of hydrogen-bond donors (Lipinski definition) is 4. The Morgan fingerprint density at radius 3 is 2.67 bits per heavy atom. The molecule has 1 aliphatic heterocycles. The summed E-state index contributed by atoms with van der Waals surface area (Å²) in [6.07, 6.45) is 0.781. The largest absolute Gasteiger partial charge is 0.354 e. The van der Waals surface area contributed by atoms with E-state index in [0.717, 1.165) is 39.7 Å². The summed E-state index contributed by atoms with van der Waals surface area (Å²) in [5, 5.41) is 4.10. The van der Waals surface area contributed by atoms with Gasteiger partial charge in [-0.1, -0.05) is 6.07 Å². The summed E-state index contributed by atoms with van der Waals surface area (Å²) in [6, 6.07) is 12.7. The smallest absolute Gasteiger partial charge is 0.238 e. The van der Waals surface area contributed by atoms with Crippen LogP contribution in [0, 0.1) is 12.7 Å². The van der Waals surface area contributed by atoms with Crippen molar-refractivity contribution >= 4 is 16.8 Å². The van der Waals surface area contributed by atoms with E-state index in [1.807, 2.05) is 19.1 Å². The monoisotopic (exact) mass is 366 g/mol. The molecule has 3 aromatic rings. The Kier molecular flexibility index (Phi) is 4.68. The summed E-state index contributed by atoms with van der Waals surface area (Å²) < 4.78 is 13.2. The van der Waals surface area contributed by atoms with E-state index < -0.39 is 0 Å². The molecule has 4 N–H and O–H groups in total. The number of nitrogens with one attached hydrogen (secondary N) is 4. The van der Waals surface area contributed by atoms with Gasteiger partial charge in [0.25, 0.3) is 0 Å². The highest BCUT2D eigenvalue weighted by atomic mass is 19.1. The molecule has 1 aromatic heterocycles. The van der Waals surface area contributed by atoms with Crippen LogP contribution in [0.4, 0.5) is 4.39 Å². The molecule has 0 spiro atoms. The first-order valence-corrected chi connectivity index (χ1v) is 9.17. The molecular weight excluding hydrogens is 343 g/mol. The zero-order valence-electron chi connectivity index (χ0n) is 15.4. The number of amides is 1. The molecular formula is C21H23FN4O.